The van der Waals surface area contributed by atoms with Crippen LogP contribution in [0.5, 0.6) is 0 Å². The number of quaternary nitrogens is 1. The van der Waals surface area contributed by atoms with Crippen molar-refractivity contribution >= 4 is 40.1 Å². The van der Waals surface area contributed by atoms with Gasteiger partial charge in [0.15, 0.2) is 17.1 Å². The molecule has 0 aliphatic heterocycles. The Morgan fingerprint density at radius 1 is 0.465 bits per heavy atom. The number of hydrogen-bond acceptors (Lipinski definition) is 4. The maximum Gasteiger partial charge on any atom is 0.330 e. The fourth-order valence-electron chi connectivity index (χ4n) is 5.18. The molecule has 0 spiro atoms. The molecule has 210 valence electrons. The number of anilines is 2. The molecule has 43 heavy (non-hydrogen) atoms. The van der Waals surface area contributed by atoms with Crippen molar-refractivity contribution < 1.29 is 0 Å². The zero-order valence-corrected chi connectivity index (χ0v) is 23.4. The van der Waals surface area contributed by atoms with E-state index in [0.29, 0.717) is 0 Å². The maximum atomic E-state index is 8.00. The number of benzene rings is 6. The SMILES string of the molecule is O=N[O-].c1ccc(N=C(N(c2ccccc2)c2ccccc2)[N+](c2ccccc2)(c2ccccc2)c2ccccc2)cc1. The van der Waals surface area contributed by atoms with Crippen molar-refractivity contribution in [3.05, 3.63) is 192 Å². The van der Waals surface area contributed by atoms with Gasteiger partial charge in [-0.3, -0.25) is 0 Å². The minimum atomic E-state index is 0.265. The summed E-state index contributed by atoms with van der Waals surface area (Å²) in [4.78, 5) is 15.8. The highest BCUT2D eigenvalue weighted by atomic mass is 16.6. The fraction of sp³-hybridized carbons (Fsp3) is 0. The molecule has 0 saturated carbocycles. The van der Waals surface area contributed by atoms with Crippen molar-refractivity contribution in [1.82, 2.24) is 4.48 Å². The monoisotopic (exact) mass is 562 g/mol. The highest BCUT2D eigenvalue weighted by Gasteiger charge is 2.46. The van der Waals surface area contributed by atoms with E-state index in [1.807, 2.05) is 30.3 Å². The van der Waals surface area contributed by atoms with Crippen molar-refractivity contribution in [3.8, 4) is 0 Å². The maximum absolute atomic E-state index is 8.00. The number of guanidine groups is 1. The molecule has 6 nitrogen and oxygen atoms in total. The molecule has 0 aliphatic carbocycles. The molecule has 0 aliphatic rings. The summed E-state index contributed by atoms with van der Waals surface area (Å²) in [6.07, 6.45) is 0. The number of hydrogen-bond donors (Lipinski definition) is 0. The van der Waals surface area contributed by atoms with E-state index in [2.05, 4.69) is 157 Å². The van der Waals surface area contributed by atoms with Crippen LogP contribution in [0, 0.1) is 10.1 Å². The van der Waals surface area contributed by atoms with Gasteiger partial charge in [-0.1, -0.05) is 109 Å². The van der Waals surface area contributed by atoms with Crippen LogP contribution in [0.1, 0.15) is 0 Å². The first-order chi connectivity index (χ1) is 21.3. The van der Waals surface area contributed by atoms with Crippen molar-refractivity contribution in [3.63, 3.8) is 0 Å². The Morgan fingerprint density at radius 3 is 1.07 bits per heavy atom. The van der Waals surface area contributed by atoms with Gasteiger partial charge in [0.05, 0.1) is 17.1 Å². The Kier molecular flexibility index (Phi) is 9.45. The highest BCUT2D eigenvalue weighted by molar-refractivity contribution is 6.16. The Morgan fingerprint density at radius 2 is 0.744 bits per heavy atom. The zero-order valence-electron chi connectivity index (χ0n) is 23.4. The molecule has 0 unspecified atom stereocenters. The first-order valence-corrected chi connectivity index (χ1v) is 13.8. The van der Waals surface area contributed by atoms with Crippen LogP contribution >= 0.6 is 0 Å². The Hall–Kier alpha value is -5.85. The number of aliphatic imine (C=N–C) groups is 1. The van der Waals surface area contributed by atoms with Crippen molar-refractivity contribution in [1.29, 1.82) is 0 Å². The molecule has 0 amide bonds. The number of nitrogens with zero attached hydrogens (tertiary/aromatic N) is 4. The van der Waals surface area contributed by atoms with Gasteiger partial charge in [0.25, 0.3) is 0 Å². The fourth-order valence-corrected chi connectivity index (χ4v) is 5.18. The predicted octanol–water partition coefficient (Wildman–Crippen LogP) is 10.4. The Labute approximate surface area is 251 Å². The van der Waals surface area contributed by atoms with Crippen LogP contribution in [0.3, 0.4) is 0 Å². The van der Waals surface area contributed by atoms with Gasteiger partial charge < -0.3 is 10.1 Å². The van der Waals surface area contributed by atoms with E-state index in [1.165, 1.54) is 0 Å². The van der Waals surface area contributed by atoms with E-state index in [1.54, 1.807) is 0 Å². The molecule has 0 bridgehead atoms. The summed E-state index contributed by atoms with van der Waals surface area (Å²) in [5, 5.41) is 9.00. The number of rotatable bonds is 6. The van der Waals surface area contributed by atoms with Crippen LogP contribution in [-0.4, -0.2) is 5.96 Å². The van der Waals surface area contributed by atoms with E-state index >= 15 is 0 Å². The summed E-state index contributed by atoms with van der Waals surface area (Å²) < 4.78 is 0.265. The van der Waals surface area contributed by atoms with Gasteiger partial charge in [0, 0.05) is 36.4 Å². The normalized spacial score (nSPS) is 11.1. The molecule has 0 N–H and O–H groups in total. The van der Waals surface area contributed by atoms with E-state index in [-0.39, 0.29) is 4.48 Å². The molecule has 0 saturated heterocycles. The van der Waals surface area contributed by atoms with Crippen LogP contribution < -0.4 is 9.38 Å². The standard InChI is InChI=1S/C37H30N3.HNO2/c1-7-19-31(20-8-1)38-37(39(32-21-9-2-10-22-32)33-23-11-3-12-24-33)40(34-25-13-4-14-26-34,35-27-15-5-16-28-35)36-29-17-6-18-30-36;2-1-3/h1-30H;(H,2,3)/q+1;/p-1. The topological polar surface area (TPSA) is 68.1 Å². The molecular weight excluding hydrogens is 532 g/mol. The van der Waals surface area contributed by atoms with E-state index in [9.17, 15) is 0 Å². The second kappa shape index (κ2) is 14.2. The average molecular weight is 563 g/mol. The zero-order chi connectivity index (χ0) is 29.7. The third kappa shape index (κ3) is 6.25. The third-order valence-electron chi connectivity index (χ3n) is 6.94. The molecule has 0 aromatic heterocycles. The second-order valence-corrected chi connectivity index (χ2v) is 9.51. The minimum absolute atomic E-state index is 0.265. The van der Waals surface area contributed by atoms with Crippen LogP contribution in [0.4, 0.5) is 34.1 Å². The van der Waals surface area contributed by atoms with E-state index in [4.69, 9.17) is 15.1 Å². The summed E-state index contributed by atoms with van der Waals surface area (Å²) in [6.45, 7) is 0. The van der Waals surface area contributed by atoms with Gasteiger partial charge in [-0.2, -0.15) is 9.48 Å². The van der Waals surface area contributed by atoms with Gasteiger partial charge in [-0.05, 0) is 36.4 Å². The summed E-state index contributed by atoms with van der Waals surface area (Å²) in [7, 11) is 0. The van der Waals surface area contributed by atoms with Crippen molar-refractivity contribution in [2.75, 3.05) is 4.90 Å². The van der Waals surface area contributed by atoms with Gasteiger partial charge in [0.1, 0.15) is 0 Å². The summed E-state index contributed by atoms with van der Waals surface area (Å²) in [6, 6.07) is 63.1. The van der Waals surface area contributed by atoms with Gasteiger partial charge in [-0.25, -0.2) is 4.90 Å². The second-order valence-electron chi connectivity index (χ2n) is 9.51. The molecule has 6 aromatic rings. The Balaban J connectivity index is 0.00000118. The lowest BCUT2D eigenvalue weighted by Gasteiger charge is -2.41. The molecule has 6 aromatic carbocycles. The van der Waals surface area contributed by atoms with E-state index < -0.39 is 0 Å². The molecule has 0 atom stereocenters. The van der Waals surface area contributed by atoms with Gasteiger partial charge in [0.2, 0.25) is 0 Å². The lowest BCUT2D eigenvalue weighted by atomic mass is 10.1. The van der Waals surface area contributed by atoms with Crippen LogP contribution in [0.2, 0.25) is 0 Å². The van der Waals surface area contributed by atoms with Gasteiger partial charge in [-0.15, -0.1) is 5.34 Å². The van der Waals surface area contributed by atoms with E-state index in [0.717, 1.165) is 45.4 Å². The summed E-state index contributed by atoms with van der Waals surface area (Å²) in [5.41, 5.74) is 6.14. The van der Waals surface area contributed by atoms with Crippen molar-refractivity contribution in [2.45, 2.75) is 0 Å². The van der Waals surface area contributed by atoms with Gasteiger partial charge >= 0.3 is 5.96 Å². The van der Waals surface area contributed by atoms with Crippen LogP contribution in [0.15, 0.2) is 192 Å². The minimum Gasteiger partial charge on any atom is -0.444 e. The summed E-state index contributed by atoms with van der Waals surface area (Å²) in [5.74, 6) is 0.826. The molecule has 6 heteroatoms. The quantitative estimate of drug-likeness (QED) is 0.0667. The predicted molar refractivity (Wildman–Crippen MR) is 178 cm³/mol. The molecule has 0 heterocycles. The van der Waals surface area contributed by atoms with Crippen LogP contribution in [0.25, 0.3) is 0 Å². The first-order valence-electron chi connectivity index (χ1n) is 13.8. The van der Waals surface area contributed by atoms with Crippen LogP contribution in [-0.2, 0) is 0 Å². The third-order valence-corrected chi connectivity index (χ3v) is 6.94. The molecular formula is C37H30N4O2. The Bertz CT molecular complexity index is 1580. The smallest absolute Gasteiger partial charge is 0.330 e. The highest BCUT2D eigenvalue weighted by Crippen LogP contribution is 2.47. The average Bonchev–Trinajstić information content (AvgIpc) is 3.09. The lowest BCUT2D eigenvalue weighted by molar-refractivity contribution is 0.732. The number of para-hydroxylation sites is 6. The molecule has 0 radical (unpaired) electrons. The first kappa shape index (κ1) is 28.7. The molecule has 0 fully saturated rings. The largest absolute Gasteiger partial charge is 0.444 e. The molecule has 6 rings (SSSR count). The summed E-state index contributed by atoms with van der Waals surface area (Å²) >= 11 is 0. The van der Waals surface area contributed by atoms with Crippen molar-refractivity contribution in [2.24, 2.45) is 10.3 Å². The lowest BCUT2D eigenvalue weighted by Crippen LogP contribution is -2.52.